The van der Waals surface area contributed by atoms with E-state index in [2.05, 4.69) is 4.90 Å². The molecule has 0 aromatic carbocycles. The standard InChI is InChI=1S/C16H24N2O3S2/c19-14-13-6-17(12-7-22-3-4-23-8-12)9-16(13,15(20)21)10-18(14)5-11-1-2-11/h11-13H,1-10H2,(H,20,21)/t13-,16-/m0/s1. The number of carbonyl (C=O) groups is 2. The minimum atomic E-state index is -0.867. The summed E-state index contributed by atoms with van der Waals surface area (Å²) in [5.41, 5.74) is -0.867. The highest BCUT2D eigenvalue weighted by molar-refractivity contribution is 8.03. The number of nitrogens with zero attached hydrogens (tertiary/aromatic N) is 2. The summed E-state index contributed by atoms with van der Waals surface area (Å²) >= 11 is 3.92. The zero-order chi connectivity index (χ0) is 16.0. The molecule has 3 saturated heterocycles. The fourth-order valence-corrected chi connectivity index (χ4v) is 6.83. The zero-order valence-electron chi connectivity index (χ0n) is 13.3. The highest BCUT2D eigenvalue weighted by Crippen LogP contribution is 2.46. The van der Waals surface area contributed by atoms with E-state index in [0.29, 0.717) is 31.6 Å². The van der Waals surface area contributed by atoms with Crippen LogP contribution in [-0.2, 0) is 9.59 Å². The van der Waals surface area contributed by atoms with Gasteiger partial charge in [0.1, 0.15) is 5.41 Å². The highest BCUT2D eigenvalue weighted by Gasteiger charge is 2.62. The smallest absolute Gasteiger partial charge is 0.313 e. The molecule has 1 aliphatic carbocycles. The molecule has 0 bridgehead atoms. The van der Waals surface area contributed by atoms with Crippen LogP contribution in [0.4, 0.5) is 0 Å². The van der Waals surface area contributed by atoms with Gasteiger partial charge >= 0.3 is 5.97 Å². The second-order valence-corrected chi connectivity index (χ2v) is 9.71. The van der Waals surface area contributed by atoms with Crippen molar-refractivity contribution in [2.24, 2.45) is 17.3 Å². The topological polar surface area (TPSA) is 60.9 Å². The number of amides is 1. The van der Waals surface area contributed by atoms with Gasteiger partial charge in [0.25, 0.3) is 0 Å². The summed E-state index contributed by atoms with van der Waals surface area (Å²) in [5, 5.41) is 9.92. The summed E-state index contributed by atoms with van der Waals surface area (Å²) in [6, 6.07) is 0.416. The highest BCUT2D eigenvalue weighted by atomic mass is 32.2. The zero-order valence-corrected chi connectivity index (χ0v) is 14.9. The van der Waals surface area contributed by atoms with Crippen LogP contribution in [0.5, 0.6) is 0 Å². The van der Waals surface area contributed by atoms with E-state index in [4.69, 9.17) is 0 Å². The number of carboxylic acids is 1. The molecule has 0 aromatic rings. The largest absolute Gasteiger partial charge is 0.481 e. The molecule has 5 nitrogen and oxygen atoms in total. The lowest BCUT2D eigenvalue weighted by Gasteiger charge is -2.30. The van der Waals surface area contributed by atoms with E-state index in [1.807, 2.05) is 28.4 Å². The van der Waals surface area contributed by atoms with Gasteiger partial charge in [-0.1, -0.05) is 0 Å². The number of likely N-dealkylation sites (tertiary alicyclic amines) is 2. The van der Waals surface area contributed by atoms with Crippen molar-refractivity contribution in [3.8, 4) is 0 Å². The van der Waals surface area contributed by atoms with Gasteiger partial charge in [-0.2, -0.15) is 23.5 Å². The first-order chi connectivity index (χ1) is 11.1. The van der Waals surface area contributed by atoms with Crippen molar-refractivity contribution in [2.45, 2.75) is 18.9 Å². The Hall–Kier alpha value is -0.400. The third-order valence-corrected chi connectivity index (χ3v) is 8.25. The number of carboxylic acid groups (broad SMARTS) is 1. The third kappa shape index (κ3) is 2.89. The fraction of sp³-hybridized carbons (Fsp3) is 0.875. The van der Waals surface area contributed by atoms with Crippen LogP contribution in [0.15, 0.2) is 0 Å². The first-order valence-electron chi connectivity index (χ1n) is 8.52. The summed E-state index contributed by atoms with van der Waals surface area (Å²) < 4.78 is 0. The van der Waals surface area contributed by atoms with Gasteiger partial charge in [-0.3, -0.25) is 14.5 Å². The third-order valence-electron chi connectivity index (χ3n) is 5.76. The summed E-state index contributed by atoms with van der Waals surface area (Å²) in [5.74, 6) is 4.09. The van der Waals surface area contributed by atoms with Crippen molar-refractivity contribution in [2.75, 3.05) is 49.2 Å². The molecule has 2 atom stereocenters. The van der Waals surface area contributed by atoms with Crippen molar-refractivity contribution in [3.63, 3.8) is 0 Å². The van der Waals surface area contributed by atoms with E-state index in [-0.39, 0.29) is 11.8 Å². The molecule has 7 heteroatoms. The Kier molecular flexibility index (Phi) is 4.30. The number of carbonyl (C=O) groups excluding carboxylic acids is 1. The van der Waals surface area contributed by atoms with Crippen molar-refractivity contribution in [1.82, 2.24) is 9.80 Å². The van der Waals surface area contributed by atoms with Crippen LogP contribution >= 0.6 is 23.5 Å². The van der Waals surface area contributed by atoms with E-state index < -0.39 is 11.4 Å². The van der Waals surface area contributed by atoms with E-state index in [1.165, 1.54) is 24.3 Å². The molecule has 4 fully saturated rings. The second-order valence-electron chi connectivity index (χ2n) is 7.41. The Morgan fingerprint density at radius 3 is 2.48 bits per heavy atom. The first-order valence-corrected chi connectivity index (χ1v) is 10.8. The molecule has 4 aliphatic rings. The quantitative estimate of drug-likeness (QED) is 0.814. The van der Waals surface area contributed by atoms with Crippen LogP contribution in [0.2, 0.25) is 0 Å². The molecular weight excluding hydrogens is 332 g/mol. The second kappa shape index (κ2) is 6.15. The van der Waals surface area contributed by atoms with Gasteiger partial charge in [-0.15, -0.1) is 0 Å². The molecular formula is C16H24N2O3S2. The van der Waals surface area contributed by atoms with Gasteiger partial charge in [-0.05, 0) is 18.8 Å². The molecule has 1 saturated carbocycles. The van der Waals surface area contributed by atoms with Gasteiger partial charge in [0.2, 0.25) is 5.91 Å². The van der Waals surface area contributed by atoms with Crippen LogP contribution in [0, 0.1) is 17.3 Å². The monoisotopic (exact) mass is 356 g/mol. The molecule has 0 aromatic heterocycles. The fourth-order valence-electron chi connectivity index (χ4n) is 4.20. The molecule has 1 N–H and O–H groups in total. The number of aliphatic carboxylic acids is 1. The molecule has 0 radical (unpaired) electrons. The van der Waals surface area contributed by atoms with Crippen LogP contribution < -0.4 is 0 Å². The summed E-state index contributed by atoms with van der Waals surface area (Å²) in [7, 11) is 0. The molecule has 3 heterocycles. The number of thioether (sulfide) groups is 2. The summed E-state index contributed by atoms with van der Waals surface area (Å²) in [6.45, 7) is 2.38. The van der Waals surface area contributed by atoms with Crippen molar-refractivity contribution in [1.29, 1.82) is 0 Å². The normalized spacial score (nSPS) is 36.3. The number of fused-ring (bicyclic) bond motifs is 1. The predicted octanol–water partition coefficient (Wildman–Crippen LogP) is 1.09. The Labute approximate surface area is 145 Å². The molecule has 128 valence electrons. The number of hydrogen-bond acceptors (Lipinski definition) is 5. The Bertz CT molecular complexity index is 506. The number of rotatable bonds is 4. The lowest BCUT2D eigenvalue weighted by atomic mass is 9.81. The van der Waals surface area contributed by atoms with Crippen molar-refractivity contribution < 1.29 is 14.7 Å². The molecule has 4 rings (SSSR count). The lowest BCUT2D eigenvalue weighted by molar-refractivity contribution is -0.149. The molecule has 0 unspecified atom stereocenters. The minimum Gasteiger partial charge on any atom is -0.481 e. The van der Waals surface area contributed by atoms with Gasteiger partial charge in [0.05, 0.1) is 5.92 Å². The van der Waals surface area contributed by atoms with Crippen LogP contribution in [0.3, 0.4) is 0 Å². The van der Waals surface area contributed by atoms with Gasteiger partial charge in [0.15, 0.2) is 0 Å². The van der Waals surface area contributed by atoms with Crippen molar-refractivity contribution >= 4 is 35.4 Å². The van der Waals surface area contributed by atoms with Gasteiger partial charge in [-0.25, -0.2) is 0 Å². The maximum Gasteiger partial charge on any atom is 0.313 e. The van der Waals surface area contributed by atoms with E-state index in [1.54, 1.807) is 0 Å². The first kappa shape index (κ1) is 16.1. The van der Waals surface area contributed by atoms with E-state index >= 15 is 0 Å². The lowest BCUT2D eigenvalue weighted by Crippen LogP contribution is -2.44. The average molecular weight is 357 g/mol. The van der Waals surface area contributed by atoms with E-state index in [9.17, 15) is 14.7 Å². The number of hydrogen-bond donors (Lipinski definition) is 1. The van der Waals surface area contributed by atoms with Crippen LogP contribution in [0.1, 0.15) is 12.8 Å². The SMILES string of the molecule is O=C1[C@@H]2CN(C3CSCCSC3)C[C@]2(C(=O)O)CN1CC1CC1. The Morgan fingerprint density at radius 2 is 1.91 bits per heavy atom. The van der Waals surface area contributed by atoms with E-state index in [0.717, 1.165) is 18.1 Å². The van der Waals surface area contributed by atoms with Gasteiger partial charge < -0.3 is 10.0 Å². The van der Waals surface area contributed by atoms with Crippen LogP contribution in [0.25, 0.3) is 0 Å². The molecule has 1 amide bonds. The minimum absolute atomic E-state index is 0.0933. The average Bonchev–Trinajstić information content (AvgIpc) is 3.25. The van der Waals surface area contributed by atoms with Crippen molar-refractivity contribution in [3.05, 3.63) is 0 Å². The maximum atomic E-state index is 12.8. The molecule has 23 heavy (non-hydrogen) atoms. The maximum absolute atomic E-state index is 12.8. The van der Waals surface area contributed by atoms with Gasteiger partial charge in [0, 0.05) is 55.2 Å². The Morgan fingerprint density at radius 1 is 1.22 bits per heavy atom. The molecule has 0 spiro atoms. The summed E-state index contributed by atoms with van der Waals surface area (Å²) in [6.07, 6.45) is 2.38. The Balaban J connectivity index is 1.51. The summed E-state index contributed by atoms with van der Waals surface area (Å²) in [4.78, 5) is 29.0. The van der Waals surface area contributed by atoms with Crippen LogP contribution in [-0.4, -0.2) is 82.0 Å². The molecule has 3 aliphatic heterocycles. The predicted molar refractivity (Wildman–Crippen MR) is 92.9 cm³/mol.